The van der Waals surface area contributed by atoms with E-state index in [1.165, 1.54) is 12.1 Å². The van der Waals surface area contributed by atoms with Crippen LogP contribution in [0.25, 0.3) is 0 Å². The second-order valence-electron chi connectivity index (χ2n) is 3.87. The third-order valence-electron chi connectivity index (χ3n) is 2.44. The Kier molecular flexibility index (Phi) is 4.16. The van der Waals surface area contributed by atoms with Crippen molar-refractivity contribution in [3.05, 3.63) is 63.9 Å². The maximum Gasteiger partial charge on any atom is 0.335 e. The van der Waals surface area contributed by atoms with Gasteiger partial charge < -0.3 is 9.84 Å². The van der Waals surface area contributed by atoms with Gasteiger partial charge in [-0.15, -0.1) is 0 Å². The lowest BCUT2D eigenvalue weighted by Gasteiger charge is -2.08. The van der Waals surface area contributed by atoms with Gasteiger partial charge in [0.15, 0.2) is 0 Å². The molecule has 0 radical (unpaired) electrons. The predicted molar refractivity (Wildman–Crippen MR) is 71.8 cm³/mol. The van der Waals surface area contributed by atoms with Crippen molar-refractivity contribution in [2.75, 3.05) is 0 Å². The summed E-state index contributed by atoms with van der Waals surface area (Å²) in [6.07, 6.45) is 0. The average Bonchev–Trinajstić information content (AvgIpc) is 2.37. The SMILES string of the molecule is O=C(O)c1cc(F)cc(COc2ccccc2Br)c1. The largest absolute Gasteiger partial charge is 0.488 e. The van der Waals surface area contributed by atoms with Gasteiger partial charge >= 0.3 is 5.97 Å². The lowest BCUT2D eigenvalue weighted by molar-refractivity contribution is 0.0696. The van der Waals surface area contributed by atoms with E-state index in [-0.39, 0.29) is 12.2 Å². The molecule has 0 unspecified atom stereocenters. The molecule has 3 nitrogen and oxygen atoms in total. The second kappa shape index (κ2) is 5.84. The van der Waals surface area contributed by atoms with Crippen LogP contribution >= 0.6 is 15.9 Å². The number of benzene rings is 2. The summed E-state index contributed by atoms with van der Waals surface area (Å²) < 4.78 is 19.6. The number of para-hydroxylation sites is 1. The molecule has 0 heterocycles. The van der Waals surface area contributed by atoms with E-state index in [1.807, 2.05) is 18.2 Å². The molecule has 0 aliphatic rings. The quantitative estimate of drug-likeness (QED) is 0.928. The molecular weight excluding hydrogens is 315 g/mol. The lowest BCUT2D eigenvalue weighted by Crippen LogP contribution is -2.02. The summed E-state index contributed by atoms with van der Waals surface area (Å²) >= 11 is 3.33. The van der Waals surface area contributed by atoms with E-state index in [0.717, 1.165) is 10.5 Å². The van der Waals surface area contributed by atoms with Gasteiger partial charge in [-0.25, -0.2) is 9.18 Å². The highest BCUT2D eigenvalue weighted by molar-refractivity contribution is 9.10. The van der Waals surface area contributed by atoms with Crippen molar-refractivity contribution in [3.8, 4) is 5.75 Å². The van der Waals surface area contributed by atoms with E-state index in [4.69, 9.17) is 9.84 Å². The number of carboxylic acids is 1. The topological polar surface area (TPSA) is 46.5 Å². The molecule has 0 atom stereocenters. The molecule has 98 valence electrons. The molecule has 0 aliphatic carbocycles. The van der Waals surface area contributed by atoms with Crippen molar-refractivity contribution in [1.29, 1.82) is 0 Å². The van der Waals surface area contributed by atoms with Crippen LogP contribution in [-0.4, -0.2) is 11.1 Å². The summed E-state index contributed by atoms with van der Waals surface area (Å²) in [7, 11) is 0. The maximum absolute atomic E-state index is 13.3. The summed E-state index contributed by atoms with van der Waals surface area (Å²) in [6.45, 7) is 0.0979. The first-order valence-electron chi connectivity index (χ1n) is 5.46. The normalized spacial score (nSPS) is 10.2. The van der Waals surface area contributed by atoms with Crippen LogP contribution in [-0.2, 0) is 6.61 Å². The minimum absolute atomic E-state index is 0.0919. The number of rotatable bonds is 4. The molecule has 1 N–H and O–H groups in total. The molecule has 0 amide bonds. The Morgan fingerprint density at radius 3 is 2.68 bits per heavy atom. The van der Waals surface area contributed by atoms with Crippen molar-refractivity contribution in [2.45, 2.75) is 6.61 Å². The summed E-state index contributed by atoms with van der Waals surface area (Å²) in [4.78, 5) is 10.8. The Morgan fingerprint density at radius 2 is 2.00 bits per heavy atom. The van der Waals surface area contributed by atoms with Crippen LogP contribution in [0.4, 0.5) is 4.39 Å². The summed E-state index contributed by atoms with van der Waals surface area (Å²) in [6, 6.07) is 10.9. The van der Waals surface area contributed by atoms with Gasteiger partial charge in [0, 0.05) is 0 Å². The molecular formula is C14H10BrFO3. The Labute approximate surface area is 117 Å². The van der Waals surface area contributed by atoms with Crippen molar-refractivity contribution in [2.24, 2.45) is 0 Å². The molecule has 2 aromatic carbocycles. The summed E-state index contributed by atoms with van der Waals surface area (Å²) in [5.74, 6) is -1.14. The highest BCUT2D eigenvalue weighted by atomic mass is 79.9. The fourth-order valence-electron chi connectivity index (χ4n) is 1.58. The molecule has 0 spiro atoms. The zero-order valence-electron chi connectivity index (χ0n) is 9.77. The number of hydrogen-bond donors (Lipinski definition) is 1. The van der Waals surface area contributed by atoms with Crippen LogP contribution < -0.4 is 4.74 Å². The number of ether oxygens (including phenoxy) is 1. The van der Waals surface area contributed by atoms with Crippen LogP contribution in [0.1, 0.15) is 15.9 Å². The van der Waals surface area contributed by atoms with Crippen molar-refractivity contribution in [1.82, 2.24) is 0 Å². The van der Waals surface area contributed by atoms with Gasteiger partial charge in [0.2, 0.25) is 0 Å². The zero-order chi connectivity index (χ0) is 13.8. The zero-order valence-corrected chi connectivity index (χ0v) is 11.4. The molecule has 5 heteroatoms. The third kappa shape index (κ3) is 3.54. The van der Waals surface area contributed by atoms with Crippen molar-refractivity contribution < 1.29 is 19.0 Å². The summed E-state index contributed by atoms with van der Waals surface area (Å²) in [5.41, 5.74) is 0.374. The number of hydrogen-bond acceptors (Lipinski definition) is 2. The van der Waals surface area contributed by atoms with Crippen molar-refractivity contribution in [3.63, 3.8) is 0 Å². The second-order valence-corrected chi connectivity index (χ2v) is 4.73. The van der Waals surface area contributed by atoms with Gasteiger partial charge in [0.25, 0.3) is 0 Å². The average molecular weight is 325 g/mol. The lowest BCUT2D eigenvalue weighted by atomic mass is 10.1. The van der Waals surface area contributed by atoms with Gasteiger partial charge in [-0.05, 0) is 51.8 Å². The van der Waals surface area contributed by atoms with Gasteiger partial charge in [-0.1, -0.05) is 12.1 Å². The Bertz CT molecular complexity index is 613. The van der Waals surface area contributed by atoms with Crippen LogP contribution in [0.15, 0.2) is 46.9 Å². The molecule has 19 heavy (non-hydrogen) atoms. The van der Waals surface area contributed by atoms with Gasteiger partial charge in [-0.3, -0.25) is 0 Å². The maximum atomic E-state index is 13.3. The molecule has 0 aliphatic heterocycles. The Hall–Kier alpha value is -1.88. The number of carboxylic acid groups (broad SMARTS) is 1. The highest BCUT2D eigenvalue weighted by Crippen LogP contribution is 2.24. The molecule has 0 bridgehead atoms. The van der Waals surface area contributed by atoms with E-state index < -0.39 is 11.8 Å². The fraction of sp³-hybridized carbons (Fsp3) is 0.0714. The van der Waals surface area contributed by atoms with E-state index in [9.17, 15) is 9.18 Å². The first kappa shape index (κ1) is 13.5. The molecule has 2 rings (SSSR count). The van der Waals surface area contributed by atoms with E-state index in [1.54, 1.807) is 6.07 Å². The Morgan fingerprint density at radius 1 is 1.26 bits per heavy atom. The van der Waals surface area contributed by atoms with Gasteiger partial charge in [0.1, 0.15) is 18.2 Å². The van der Waals surface area contributed by atoms with Crippen LogP contribution in [0.2, 0.25) is 0 Å². The monoisotopic (exact) mass is 324 g/mol. The standard InChI is InChI=1S/C14H10BrFO3/c15-12-3-1-2-4-13(12)19-8-9-5-10(14(17)18)7-11(16)6-9/h1-7H,8H2,(H,17,18). The summed E-state index contributed by atoms with van der Waals surface area (Å²) in [5, 5.41) is 8.85. The van der Waals surface area contributed by atoms with E-state index >= 15 is 0 Å². The van der Waals surface area contributed by atoms with Gasteiger partial charge in [0.05, 0.1) is 10.0 Å². The van der Waals surface area contributed by atoms with E-state index in [2.05, 4.69) is 15.9 Å². The molecule has 0 fully saturated rings. The number of aromatic carboxylic acids is 1. The van der Waals surface area contributed by atoms with Gasteiger partial charge in [-0.2, -0.15) is 0 Å². The van der Waals surface area contributed by atoms with Crippen molar-refractivity contribution >= 4 is 21.9 Å². The molecule has 2 aromatic rings. The van der Waals surface area contributed by atoms with Crippen LogP contribution in [0.3, 0.4) is 0 Å². The first-order valence-corrected chi connectivity index (χ1v) is 6.25. The number of carbonyl (C=O) groups is 1. The highest BCUT2D eigenvalue weighted by Gasteiger charge is 2.08. The fourth-order valence-corrected chi connectivity index (χ4v) is 1.98. The predicted octanol–water partition coefficient (Wildman–Crippen LogP) is 3.87. The third-order valence-corrected chi connectivity index (χ3v) is 3.09. The molecule has 0 saturated carbocycles. The smallest absolute Gasteiger partial charge is 0.335 e. The van der Waals surface area contributed by atoms with Crippen LogP contribution in [0.5, 0.6) is 5.75 Å². The van der Waals surface area contributed by atoms with E-state index in [0.29, 0.717) is 11.3 Å². The Balaban J connectivity index is 2.16. The minimum atomic E-state index is -1.17. The molecule has 0 saturated heterocycles. The first-order chi connectivity index (χ1) is 9.06. The minimum Gasteiger partial charge on any atom is -0.488 e. The van der Waals surface area contributed by atoms with Crippen LogP contribution in [0, 0.1) is 5.82 Å². The number of halogens is 2. The molecule has 0 aromatic heterocycles.